The van der Waals surface area contributed by atoms with Crippen molar-refractivity contribution in [1.82, 2.24) is 5.32 Å². The number of carboxylic acid groups (broad SMARTS) is 1. The van der Waals surface area contributed by atoms with Crippen molar-refractivity contribution in [3.05, 3.63) is 0 Å². The molecule has 1 aliphatic carbocycles. The molecule has 0 heterocycles. The molecule has 0 aliphatic heterocycles. The zero-order chi connectivity index (χ0) is 14.5. The fraction of sp³-hybridized carbons (Fsp3) is 0.857. The van der Waals surface area contributed by atoms with Crippen molar-refractivity contribution in [3.63, 3.8) is 0 Å². The van der Waals surface area contributed by atoms with Gasteiger partial charge in [-0.25, -0.2) is 4.79 Å². The average Bonchev–Trinajstić information content (AvgIpc) is 2.85. The summed E-state index contributed by atoms with van der Waals surface area (Å²) in [6.45, 7) is 2.91. The molecule has 1 saturated carbocycles. The van der Waals surface area contributed by atoms with Crippen LogP contribution in [0.15, 0.2) is 0 Å². The second kappa shape index (κ2) is 6.89. The summed E-state index contributed by atoms with van der Waals surface area (Å²) in [6, 6.07) is 0. The molecule has 110 valence electrons. The normalized spacial score (nSPS) is 20.8. The zero-order valence-electron chi connectivity index (χ0n) is 11.8. The number of aliphatic hydroxyl groups is 1. The minimum absolute atomic E-state index is 0.0762. The molecule has 0 aromatic rings. The molecule has 0 spiro atoms. The number of nitrogens with one attached hydrogen (secondary N) is 1. The van der Waals surface area contributed by atoms with E-state index in [0.717, 1.165) is 12.8 Å². The van der Waals surface area contributed by atoms with E-state index in [0.29, 0.717) is 5.92 Å². The van der Waals surface area contributed by atoms with Gasteiger partial charge in [-0.1, -0.05) is 32.6 Å². The van der Waals surface area contributed by atoms with E-state index in [1.54, 1.807) is 0 Å². The Morgan fingerprint density at radius 2 is 1.95 bits per heavy atom. The quantitative estimate of drug-likeness (QED) is 0.655. The van der Waals surface area contributed by atoms with Gasteiger partial charge in [0, 0.05) is 5.92 Å². The molecule has 0 saturated heterocycles. The maximum Gasteiger partial charge on any atom is 0.337 e. The summed E-state index contributed by atoms with van der Waals surface area (Å²) in [5, 5.41) is 20.9. The van der Waals surface area contributed by atoms with E-state index in [-0.39, 0.29) is 18.4 Å². The molecule has 1 rings (SSSR count). The van der Waals surface area contributed by atoms with Crippen LogP contribution in [-0.2, 0) is 9.59 Å². The van der Waals surface area contributed by atoms with Crippen LogP contribution in [0.4, 0.5) is 0 Å². The van der Waals surface area contributed by atoms with Crippen LogP contribution in [0.3, 0.4) is 0 Å². The molecule has 0 aromatic carbocycles. The Balaban J connectivity index is 2.43. The van der Waals surface area contributed by atoms with Crippen molar-refractivity contribution >= 4 is 11.9 Å². The monoisotopic (exact) mass is 271 g/mol. The first-order chi connectivity index (χ1) is 8.86. The van der Waals surface area contributed by atoms with Gasteiger partial charge in [0.1, 0.15) is 0 Å². The van der Waals surface area contributed by atoms with Crippen LogP contribution in [0, 0.1) is 11.8 Å². The van der Waals surface area contributed by atoms with Gasteiger partial charge in [0.25, 0.3) is 0 Å². The fourth-order valence-corrected chi connectivity index (χ4v) is 2.59. The van der Waals surface area contributed by atoms with Crippen LogP contribution in [0.25, 0.3) is 0 Å². The lowest BCUT2D eigenvalue weighted by Crippen LogP contribution is -2.48. The van der Waals surface area contributed by atoms with Gasteiger partial charge in [-0.3, -0.25) is 4.79 Å². The molecule has 2 unspecified atom stereocenters. The van der Waals surface area contributed by atoms with Gasteiger partial charge in [0.2, 0.25) is 5.91 Å². The van der Waals surface area contributed by atoms with E-state index in [1.807, 2.05) is 6.92 Å². The first-order valence-corrected chi connectivity index (χ1v) is 7.10. The van der Waals surface area contributed by atoms with Crippen LogP contribution in [-0.4, -0.2) is 34.2 Å². The third-order valence-corrected chi connectivity index (χ3v) is 4.02. The Kier molecular flexibility index (Phi) is 5.79. The summed E-state index contributed by atoms with van der Waals surface area (Å²) in [6.07, 6.45) is 6.50. The Hall–Kier alpha value is -1.10. The first kappa shape index (κ1) is 16.0. The zero-order valence-corrected chi connectivity index (χ0v) is 11.8. The van der Waals surface area contributed by atoms with Crippen LogP contribution < -0.4 is 5.32 Å². The lowest BCUT2D eigenvalue weighted by Gasteiger charge is -2.22. The highest BCUT2D eigenvalue weighted by Crippen LogP contribution is 2.31. The SMILES string of the molecule is CCC(CC1CCCC1)C(=O)NCC(C)(O)C(=O)O. The van der Waals surface area contributed by atoms with Gasteiger partial charge in [0.05, 0.1) is 6.54 Å². The van der Waals surface area contributed by atoms with Crippen molar-refractivity contribution in [2.75, 3.05) is 6.54 Å². The van der Waals surface area contributed by atoms with Crippen molar-refractivity contribution in [1.29, 1.82) is 0 Å². The van der Waals surface area contributed by atoms with E-state index < -0.39 is 11.6 Å². The topological polar surface area (TPSA) is 86.6 Å². The predicted octanol–water partition coefficient (Wildman–Crippen LogP) is 1.54. The van der Waals surface area contributed by atoms with Crippen LogP contribution >= 0.6 is 0 Å². The Morgan fingerprint density at radius 3 is 2.42 bits per heavy atom. The molecule has 5 heteroatoms. The average molecular weight is 271 g/mol. The summed E-state index contributed by atoms with van der Waals surface area (Å²) in [7, 11) is 0. The molecule has 1 amide bonds. The second-order valence-corrected chi connectivity index (χ2v) is 5.79. The smallest absolute Gasteiger partial charge is 0.337 e. The second-order valence-electron chi connectivity index (χ2n) is 5.79. The molecule has 0 radical (unpaired) electrons. The number of hydrogen-bond donors (Lipinski definition) is 3. The highest BCUT2D eigenvalue weighted by atomic mass is 16.4. The predicted molar refractivity (Wildman–Crippen MR) is 71.6 cm³/mol. The van der Waals surface area contributed by atoms with Gasteiger partial charge in [0.15, 0.2) is 5.60 Å². The molecule has 5 nitrogen and oxygen atoms in total. The molecule has 1 aliphatic rings. The lowest BCUT2D eigenvalue weighted by molar-refractivity contribution is -0.156. The molecule has 0 bridgehead atoms. The highest BCUT2D eigenvalue weighted by molar-refractivity contribution is 5.81. The summed E-state index contributed by atoms with van der Waals surface area (Å²) in [5.74, 6) is -0.920. The van der Waals surface area contributed by atoms with Crippen molar-refractivity contribution in [3.8, 4) is 0 Å². The maximum atomic E-state index is 12.0. The summed E-state index contributed by atoms with van der Waals surface area (Å²) in [5.41, 5.74) is -1.90. The van der Waals surface area contributed by atoms with E-state index in [9.17, 15) is 14.7 Å². The van der Waals surface area contributed by atoms with Crippen molar-refractivity contribution < 1.29 is 19.8 Å². The summed E-state index contributed by atoms with van der Waals surface area (Å²) >= 11 is 0. The molecule has 3 N–H and O–H groups in total. The number of carbonyl (C=O) groups excluding carboxylic acids is 1. The van der Waals surface area contributed by atoms with Crippen molar-refractivity contribution in [2.45, 2.75) is 58.0 Å². The van der Waals surface area contributed by atoms with Gasteiger partial charge >= 0.3 is 5.97 Å². The fourth-order valence-electron chi connectivity index (χ4n) is 2.59. The Bertz CT molecular complexity index is 321. The Morgan fingerprint density at radius 1 is 1.37 bits per heavy atom. The largest absolute Gasteiger partial charge is 0.479 e. The Labute approximate surface area is 114 Å². The minimum Gasteiger partial charge on any atom is -0.479 e. The van der Waals surface area contributed by atoms with Gasteiger partial charge in [-0.15, -0.1) is 0 Å². The molecule has 1 fully saturated rings. The number of hydrogen-bond acceptors (Lipinski definition) is 3. The van der Waals surface area contributed by atoms with E-state index >= 15 is 0 Å². The van der Waals surface area contributed by atoms with Crippen LogP contribution in [0.2, 0.25) is 0 Å². The van der Waals surface area contributed by atoms with Crippen molar-refractivity contribution in [2.24, 2.45) is 11.8 Å². The number of aliphatic carboxylic acids is 1. The van der Waals surface area contributed by atoms with Crippen LogP contribution in [0.5, 0.6) is 0 Å². The van der Waals surface area contributed by atoms with Gasteiger partial charge in [-0.05, 0) is 25.7 Å². The summed E-state index contributed by atoms with van der Waals surface area (Å²) in [4.78, 5) is 22.8. The number of rotatable bonds is 7. The molecule has 0 aromatic heterocycles. The molecular weight excluding hydrogens is 246 g/mol. The standard InChI is InChI=1S/C14H25NO4/c1-3-11(8-10-6-4-5-7-10)12(16)15-9-14(2,19)13(17)18/h10-11,19H,3-9H2,1-2H3,(H,15,16)(H,17,18). The number of carboxylic acids is 1. The van der Waals surface area contributed by atoms with E-state index in [1.165, 1.54) is 32.6 Å². The van der Waals surface area contributed by atoms with E-state index in [2.05, 4.69) is 5.32 Å². The number of amides is 1. The summed E-state index contributed by atoms with van der Waals surface area (Å²) < 4.78 is 0. The van der Waals surface area contributed by atoms with E-state index in [4.69, 9.17) is 5.11 Å². The minimum atomic E-state index is -1.90. The molecular formula is C14H25NO4. The molecule has 19 heavy (non-hydrogen) atoms. The first-order valence-electron chi connectivity index (χ1n) is 7.10. The maximum absolute atomic E-state index is 12.0. The third-order valence-electron chi connectivity index (χ3n) is 4.02. The molecule has 2 atom stereocenters. The van der Waals surface area contributed by atoms with Gasteiger partial charge < -0.3 is 15.5 Å². The third kappa shape index (κ3) is 4.82. The highest BCUT2D eigenvalue weighted by Gasteiger charge is 2.31. The van der Waals surface area contributed by atoms with Crippen LogP contribution in [0.1, 0.15) is 52.4 Å². The lowest BCUT2D eigenvalue weighted by atomic mass is 9.90. The number of carbonyl (C=O) groups is 2. The van der Waals surface area contributed by atoms with Gasteiger partial charge in [-0.2, -0.15) is 0 Å².